The number of hydrazine groups is 1. The first-order chi connectivity index (χ1) is 13.4. The molecule has 0 heterocycles. The zero-order valence-electron chi connectivity index (χ0n) is 16.2. The van der Waals surface area contributed by atoms with Crippen LogP contribution in [0.4, 0.5) is 0 Å². The van der Waals surface area contributed by atoms with E-state index in [1.807, 2.05) is 24.3 Å². The lowest BCUT2D eigenvalue weighted by Gasteiger charge is -2.11. The minimum atomic E-state index is -0.511. The molecule has 2 aromatic rings. The summed E-state index contributed by atoms with van der Waals surface area (Å²) in [5.41, 5.74) is 6.41. The molecule has 0 bridgehead atoms. The molecule has 0 radical (unpaired) electrons. The fourth-order valence-corrected chi connectivity index (χ4v) is 2.39. The Morgan fingerprint density at radius 1 is 0.929 bits per heavy atom. The highest BCUT2D eigenvalue weighted by Crippen LogP contribution is 2.21. The molecule has 0 aliphatic carbocycles. The Labute approximate surface area is 164 Å². The van der Waals surface area contributed by atoms with Crippen molar-refractivity contribution in [3.63, 3.8) is 0 Å². The Morgan fingerprint density at radius 3 is 2.11 bits per heavy atom. The first kappa shape index (κ1) is 21.0. The van der Waals surface area contributed by atoms with Gasteiger partial charge in [-0.1, -0.05) is 26.0 Å². The monoisotopic (exact) mass is 384 g/mol. The van der Waals surface area contributed by atoms with Crippen molar-refractivity contribution < 1.29 is 23.9 Å². The molecule has 7 nitrogen and oxygen atoms in total. The van der Waals surface area contributed by atoms with Crippen molar-refractivity contribution in [2.75, 3.05) is 13.7 Å². The van der Waals surface area contributed by atoms with Crippen molar-refractivity contribution in [1.82, 2.24) is 10.9 Å². The molecule has 0 fully saturated rings. The number of ether oxygens (including phenoxy) is 2. The van der Waals surface area contributed by atoms with Crippen LogP contribution in [-0.4, -0.2) is 31.5 Å². The molecule has 2 amide bonds. The number of rotatable bonds is 7. The van der Waals surface area contributed by atoms with Gasteiger partial charge in [0.2, 0.25) is 0 Å². The zero-order valence-corrected chi connectivity index (χ0v) is 16.2. The largest absolute Gasteiger partial charge is 0.484 e. The van der Waals surface area contributed by atoms with E-state index in [9.17, 15) is 14.4 Å². The van der Waals surface area contributed by atoms with Crippen molar-refractivity contribution in [2.24, 2.45) is 0 Å². The van der Waals surface area contributed by atoms with Gasteiger partial charge in [-0.3, -0.25) is 20.4 Å². The molecule has 7 heteroatoms. The van der Waals surface area contributed by atoms with E-state index >= 15 is 0 Å². The summed E-state index contributed by atoms with van der Waals surface area (Å²) in [6, 6.07) is 13.4. The van der Waals surface area contributed by atoms with Crippen LogP contribution in [0.1, 0.15) is 52.5 Å². The summed E-state index contributed by atoms with van der Waals surface area (Å²) in [4.78, 5) is 35.2. The highest BCUT2D eigenvalue weighted by molar-refractivity contribution is 5.97. The number of carbonyl (C=O) groups excluding carboxylic acids is 3. The van der Waals surface area contributed by atoms with Crippen LogP contribution >= 0.6 is 0 Å². The number of methoxy groups -OCH3 is 1. The fourth-order valence-electron chi connectivity index (χ4n) is 2.39. The summed E-state index contributed by atoms with van der Waals surface area (Å²) in [5.74, 6) is -0.455. The molecule has 2 aromatic carbocycles. The molecule has 1 atom stereocenters. The maximum absolute atomic E-state index is 12.0. The summed E-state index contributed by atoms with van der Waals surface area (Å²) in [6.07, 6.45) is 1.05. The summed E-state index contributed by atoms with van der Waals surface area (Å²) < 4.78 is 10.0. The van der Waals surface area contributed by atoms with Crippen LogP contribution < -0.4 is 15.6 Å². The molecule has 0 aliphatic heterocycles. The Balaban J connectivity index is 1.78. The second-order valence-electron chi connectivity index (χ2n) is 6.24. The van der Waals surface area contributed by atoms with Crippen molar-refractivity contribution in [3.05, 3.63) is 65.2 Å². The Hall–Kier alpha value is -3.35. The number of hydrogen-bond acceptors (Lipinski definition) is 5. The number of nitrogens with one attached hydrogen (secondary N) is 2. The van der Waals surface area contributed by atoms with Gasteiger partial charge < -0.3 is 9.47 Å². The number of esters is 1. The van der Waals surface area contributed by atoms with E-state index in [4.69, 9.17) is 4.74 Å². The van der Waals surface area contributed by atoms with Crippen LogP contribution in [0, 0.1) is 0 Å². The molecular formula is C21H24N2O5. The van der Waals surface area contributed by atoms with Crippen LogP contribution in [0.2, 0.25) is 0 Å². The van der Waals surface area contributed by atoms with E-state index in [2.05, 4.69) is 29.4 Å². The van der Waals surface area contributed by atoms with E-state index in [1.54, 1.807) is 0 Å². The van der Waals surface area contributed by atoms with E-state index in [0.29, 0.717) is 17.2 Å². The molecule has 2 N–H and O–H groups in total. The normalized spacial score (nSPS) is 11.2. The van der Waals surface area contributed by atoms with Crippen molar-refractivity contribution in [3.8, 4) is 5.75 Å². The third-order valence-corrected chi connectivity index (χ3v) is 4.32. The predicted octanol–water partition coefficient (Wildman–Crippen LogP) is 2.83. The number of amides is 2. The molecular weight excluding hydrogens is 360 g/mol. The van der Waals surface area contributed by atoms with Crippen molar-refractivity contribution in [1.29, 1.82) is 0 Å². The van der Waals surface area contributed by atoms with Crippen LogP contribution in [0.25, 0.3) is 0 Å². The van der Waals surface area contributed by atoms with Gasteiger partial charge in [-0.15, -0.1) is 0 Å². The van der Waals surface area contributed by atoms with Gasteiger partial charge in [0.1, 0.15) is 5.75 Å². The van der Waals surface area contributed by atoms with E-state index in [-0.39, 0.29) is 12.2 Å². The first-order valence-corrected chi connectivity index (χ1v) is 8.95. The minimum absolute atomic E-state index is 0.232. The SMILES string of the molecule is CCC(C)c1ccc(OCC(=O)NNC(=O)c2ccc(C(=O)OC)cc2)cc1. The van der Waals surface area contributed by atoms with E-state index in [0.717, 1.165) is 6.42 Å². The maximum atomic E-state index is 12.0. The molecule has 0 saturated carbocycles. The third-order valence-electron chi connectivity index (χ3n) is 4.32. The summed E-state index contributed by atoms with van der Waals surface area (Å²) in [5, 5.41) is 0. The van der Waals surface area contributed by atoms with Gasteiger partial charge in [0.25, 0.3) is 11.8 Å². The molecule has 148 valence electrons. The molecule has 0 aromatic heterocycles. The van der Waals surface area contributed by atoms with Gasteiger partial charge in [-0.05, 0) is 54.3 Å². The van der Waals surface area contributed by atoms with Crippen LogP contribution in [-0.2, 0) is 9.53 Å². The summed E-state index contributed by atoms with van der Waals surface area (Å²) in [7, 11) is 1.28. The fraction of sp³-hybridized carbons (Fsp3) is 0.286. The highest BCUT2D eigenvalue weighted by Gasteiger charge is 2.10. The molecule has 0 saturated heterocycles. The Morgan fingerprint density at radius 2 is 1.54 bits per heavy atom. The van der Waals surface area contributed by atoms with E-state index < -0.39 is 17.8 Å². The first-order valence-electron chi connectivity index (χ1n) is 8.95. The second kappa shape index (κ2) is 10.1. The summed E-state index contributed by atoms with van der Waals surface area (Å²) >= 11 is 0. The van der Waals surface area contributed by atoms with Crippen LogP contribution in [0.3, 0.4) is 0 Å². The van der Waals surface area contributed by atoms with Gasteiger partial charge in [0.15, 0.2) is 6.61 Å². The van der Waals surface area contributed by atoms with Gasteiger partial charge in [0, 0.05) is 5.56 Å². The summed E-state index contributed by atoms with van der Waals surface area (Å²) in [6.45, 7) is 4.04. The van der Waals surface area contributed by atoms with Crippen molar-refractivity contribution >= 4 is 17.8 Å². The second-order valence-corrected chi connectivity index (χ2v) is 6.24. The number of hydrogen-bond donors (Lipinski definition) is 2. The Kier molecular flexibility index (Phi) is 7.56. The minimum Gasteiger partial charge on any atom is -0.484 e. The molecule has 1 unspecified atom stereocenters. The van der Waals surface area contributed by atoms with Gasteiger partial charge >= 0.3 is 5.97 Å². The number of benzene rings is 2. The lowest BCUT2D eigenvalue weighted by Crippen LogP contribution is -2.43. The van der Waals surface area contributed by atoms with Crippen molar-refractivity contribution in [2.45, 2.75) is 26.2 Å². The molecule has 0 aliphatic rings. The van der Waals surface area contributed by atoms with Gasteiger partial charge in [-0.25, -0.2) is 4.79 Å². The van der Waals surface area contributed by atoms with Crippen LogP contribution in [0.15, 0.2) is 48.5 Å². The number of carbonyl (C=O) groups is 3. The molecule has 0 spiro atoms. The zero-order chi connectivity index (χ0) is 20.5. The molecule has 28 heavy (non-hydrogen) atoms. The standard InChI is InChI=1S/C21H24N2O5/c1-4-14(2)15-9-11-18(12-10-15)28-13-19(24)22-23-20(25)16-5-7-17(8-6-16)21(26)27-3/h5-12,14H,4,13H2,1-3H3,(H,22,24)(H,23,25). The Bertz CT molecular complexity index is 816. The lowest BCUT2D eigenvalue weighted by atomic mass is 9.99. The van der Waals surface area contributed by atoms with E-state index in [1.165, 1.54) is 36.9 Å². The molecule has 2 rings (SSSR count). The van der Waals surface area contributed by atoms with Crippen LogP contribution in [0.5, 0.6) is 5.75 Å². The quantitative estimate of drug-likeness (QED) is 0.566. The third kappa shape index (κ3) is 5.84. The average Bonchev–Trinajstić information content (AvgIpc) is 2.75. The van der Waals surface area contributed by atoms with Gasteiger partial charge in [0.05, 0.1) is 12.7 Å². The average molecular weight is 384 g/mol. The lowest BCUT2D eigenvalue weighted by molar-refractivity contribution is -0.123. The highest BCUT2D eigenvalue weighted by atomic mass is 16.5. The topological polar surface area (TPSA) is 93.7 Å². The smallest absolute Gasteiger partial charge is 0.337 e. The van der Waals surface area contributed by atoms with Gasteiger partial charge in [-0.2, -0.15) is 0 Å². The predicted molar refractivity (Wildman–Crippen MR) is 104 cm³/mol. The maximum Gasteiger partial charge on any atom is 0.337 e.